The molecule has 1 amide bonds. The predicted octanol–water partition coefficient (Wildman–Crippen LogP) is 1.10. The molecular weight excluding hydrogens is 342 g/mol. The van der Waals surface area contributed by atoms with E-state index in [1.165, 1.54) is 12.1 Å². The van der Waals surface area contributed by atoms with E-state index in [0.29, 0.717) is 18.0 Å². The van der Waals surface area contributed by atoms with Gasteiger partial charge in [-0.15, -0.1) is 0 Å². The van der Waals surface area contributed by atoms with E-state index in [1.807, 2.05) is 0 Å². The van der Waals surface area contributed by atoms with Gasteiger partial charge in [-0.05, 0) is 37.0 Å². The maximum atomic E-state index is 12.5. The van der Waals surface area contributed by atoms with E-state index in [-0.39, 0.29) is 28.8 Å². The molecule has 1 aliphatic heterocycles. The molecule has 1 N–H and O–H groups in total. The summed E-state index contributed by atoms with van der Waals surface area (Å²) in [4.78, 5) is 25.5. The van der Waals surface area contributed by atoms with Gasteiger partial charge in [0.1, 0.15) is 5.69 Å². The van der Waals surface area contributed by atoms with Crippen LogP contribution in [-0.4, -0.2) is 48.3 Å². The smallest absolute Gasteiger partial charge is 0.274 e. The number of sulfone groups is 1. The second-order valence-corrected chi connectivity index (χ2v) is 8.19. The highest BCUT2D eigenvalue weighted by atomic mass is 32.2. The van der Waals surface area contributed by atoms with Gasteiger partial charge >= 0.3 is 0 Å². The number of piperidine rings is 1. The van der Waals surface area contributed by atoms with Crippen molar-refractivity contribution in [1.82, 2.24) is 15.1 Å². The molecule has 1 aliphatic rings. The first-order valence-corrected chi connectivity index (χ1v) is 9.74. The minimum Gasteiger partial charge on any atom is -0.337 e. The van der Waals surface area contributed by atoms with E-state index in [4.69, 9.17) is 0 Å². The molecule has 132 valence electrons. The number of amides is 1. The summed E-state index contributed by atoms with van der Waals surface area (Å²) >= 11 is 0. The Morgan fingerprint density at radius 2 is 1.96 bits per heavy atom. The fourth-order valence-corrected chi connectivity index (χ4v) is 4.70. The van der Waals surface area contributed by atoms with E-state index in [2.05, 4.69) is 10.2 Å². The second-order valence-electron chi connectivity index (χ2n) is 6.16. The van der Waals surface area contributed by atoms with E-state index in [1.54, 1.807) is 35.2 Å². The highest BCUT2D eigenvalue weighted by Gasteiger charge is 2.29. The summed E-state index contributed by atoms with van der Waals surface area (Å²) in [6, 6.07) is 11.0. The molecule has 1 aromatic heterocycles. The van der Waals surface area contributed by atoms with Crippen molar-refractivity contribution in [3.8, 4) is 0 Å². The third-order valence-corrected chi connectivity index (χ3v) is 6.16. The fraction of sp³-hybridized carbons (Fsp3) is 0.353. The summed E-state index contributed by atoms with van der Waals surface area (Å²) in [5, 5.41) is 6.00. The third kappa shape index (κ3) is 4.14. The molecule has 0 spiro atoms. The summed E-state index contributed by atoms with van der Waals surface area (Å²) in [6.07, 6.45) is 1.50. The van der Waals surface area contributed by atoms with Gasteiger partial charge in [-0.3, -0.25) is 9.59 Å². The predicted molar refractivity (Wildman–Crippen MR) is 92.0 cm³/mol. The van der Waals surface area contributed by atoms with Gasteiger partial charge in [-0.1, -0.05) is 18.2 Å². The molecule has 2 heterocycles. The lowest BCUT2D eigenvalue weighted by molar-refractivity contribution is 0.0677. The molecule has 0 saturated carbocycles. The number of hydrogen-bond acceptors (Lipinski definition) is 5. The largest absolute Gasteiger partial charge is 0.337 e. The van der Waals surface area contributed by atoms with Gasteiger partial charge in [0.15, 0.2) is 9.84 Å². The van der Waals surface area contributed by atoms with Crippen molar-refractivity contribution in [2.75, 3.05) is 18.8 Å². The highest BCUT2D eigenvalue weighted by molar-refractivity contribution is 7.91. The SMILES string of the molecule is O=C(c1ccc(=O)[nH]n1)N1CCCC(CS(=O)(=O)c2ccccc2)C1. The van der Waals surface area contributed by atoms with Crippen molar-refractivity contribution in [1.29, 1.82) is 0 Å². The summed E-state index contributed by atoms with van der Waals surface area (Å²) < 4.78 is 25.1. The van der Waals surface area contributed by atoms with E-state index >= 15 is 0 Å². The first kappa shape index (κ1) is 17.3. The molecule has 1 atom stereocenters. The maximum absolute atomic E-state index is 12.5. The zero-order valence-corrected chi connectivity index (χ0v) is 14.4. The van der Waals surface area contributed by atoms with Crippen LogP contribution < -0.4 is 5.56 Å². The van der Waals surface area contributed by atoms with Gasteiger partial charge in [0.25, 0.3) is 11.5 Å². The van der Waals surface area contributed by atoms with Crippen LogP contribution in [0.15, 0.2) is 52.2 Å². The number of carbonyl (C=O) groups is 1. The lowest BCUT2D eigenvalue weighted by Crippen LogP contribution is -2.42. The molecule has 1 aromatic carbocycles. The molecule has 7 nitrogen and oxygen atoms in total. The molecule has 1 fully saturated rings. The molecule has 3 rings (SSSR count). The summed E-state index contributed by atoms with van der Waals surface area (Å²) in [6.45, 7) is 0.924. The summed E-state index contributed by atoms with van der Waals surface area (Å²) in [5.74, 6) is -0.399. The van der Waals surface area contributed by atoms with Crippen LogP contribution in [0.3, 0.4) is 0 Å². The van der Waals surface area contributed by atoms with Crippen molar-refractivity contribution in [3.05, 3.63) is 58.5 Å². The molecule has 0 radical (unpaired) electrons. The number of nitrogens with one attached hydrogen (secondary N) is 1. The van der Waals surface area contributed by atoms with Crippen LogP contribution in [-0.2, 0) is 9.84 Å². The number of nitrogens with zero attached hydrogens (tertiary/aromatic N) is 2. The van der Waals surface area contributed by atoms with Crippen molar-refractivity contribution < 1.29 is 13.2 Å². The Balaban J connectivity index is 1.70. The Bertz CT molecular complexity index is 888. The number of aromatic nitrogens is 2. The Morgan fingerprint density at radius 3 is 2.64 bits per heavy atom. The van der Waals surface area contributed by atoms with Crippen LogP contribution in [0.2, 0.25) is 0 Å². The quantitative estimate of drug-likeness (QED) is 0.879. The van der Waals surface area contributed by atoms with Crippen LogP contribution in [0.5, 0.6) is 0 Å². The number of carbonyl (C=O) groups excluding carboxylic acids is 1. The molecule has 0 bridgehead atoms. The minimum atomic E-state index is -3.38. The van der Waals surface area contributed by atoms with Gasteiger partial charge in [0, 0.05) is 19.2 Å². The second kappa shape index (κ2) is 7.18. The average Bonchev–Trinajstić information content (AvgIpc) is 2.62. The standard InChI is InChI=1S/C17H19N3O4S/c21-16-9-8-15(18-19-16)17(22)20-10-4-5-13(11-20)12-25(23,24)14-6-2-1-3-7-14/h1-3,6-9,13H,4-5,10-12H2,(H,19,21). The van der Waals surface area contributed by atoms with Crippen LogP contribution >= 0.6 is 0 Å². The van der Waals surface area contributed by atoms with E-state index in [9.17, 15) is 18.0 Å². The molecular formula is C17H19N3O4S. The highest BCUT2D eigenvalue weighted by Crippen LogP contribution is 2.22. The lowest BCUT2D eigenvalue weighted by atomic mass is 10.00. The number of benzene rings is 1. The van der Waals surface area contributed by atoms with Gasteiger partial charge < -0.3 is 4.90 Å². The molecule has 8 heteroatoms. The fourth-order valence-electron chi connectivity index (χ4n) is 3.05. The minimum absolute atomic E-state index is 0.0137. The summed E-state index contributed by atoms with van der Waals surface area (Å²) in [5.41, 5.74) is -0.215. The molecule has 2 aromatic rings. The van der Waals surface area contributed by atoms with Crippen molar-refractivity contribution >= 4 is 15.7 Å². The zero-order chi connectivity index (χ0) is 17.9. The number of aromatic amines is 1. The van der Waals surface area contributed by atoms with E-state index in [0.717, 1.165) is 12.8 Å². The molecule has 0 aliphatic carbocycles. The normalized spacial score (nSPS) is 18.1. The zero-order valence-electron chi connectivity index (χ0n) is 13.6. The number of H-pyrrole nitrogens is 1. The lowest BCUT2D eigenvalue weighted by Gasteiger charge is -2.32. The van der Waals surface area contributed by atoms with Crippen molar-refractivity contribution in [2.45, 2.75) is 17.7 Å². The third-order valence-electron chi connectivity index (χ3n) is 4.26. The van der Waals surface area contributed by atoms with Crippen molar-refractivity contribution in [2.24, 2.45) is 5.92 Å². The van der Waals surface area contributed by atoms with Gasteiger partial charge in [-0.25, -0.2) is 13.5 Å². The number of rotatable bonds is 4. The summed E-state index contributed by atoms with van der Waals surface area (Å²) in [7, 11) is -3.38. The Hall–Kier alpha value is -2.48. The van der Waals surface area contributed by atoms with E-state index < -0.39 is 9.84 Å². The Morgan fingerprint density at radius 1 is 1.20 bits per heavy atom. The Kier molecular flexibility index (Phi) is 4.98. The first-order chi connectivity index (χ1) is 12.0. The molecule has 1 saturated heterocycles. The number of likely N-dealkylation sites (tertiary alicyclic amines) is 1. The van der Waals surface area contributed by atoms with Crippen molar-refractivity contribution in [3.63, 3.8) is 0 Å². The molecule has 25 heavy (non-hydrogen) atoms. The van der Waals surface area contributed by atoms with Crippen LogP contribution in [0.1, 0.15) is 23.3 Å². The number of hydrogen-bond donors (Lipinski definition) is 1. The van der Waals surface area contributed by atoms with Gasteiger partial charge in [0.2, 0.25) is 0 Å². The topological polar surface area (TPSA) is 100 Å². The molecule has 1 unspecified atom stereocenters. The van der Waals surface area contributed by atoms with Crippen LogP contribution in [0.25, 0.3) is 0 Å². The maximum Gasteiger partial charge on any atom is 0.274 e. The van der Waals surface area contributed by atoms with Gasteiger partial charge in [0.05, 0.1) is 10.6 Å². The Labute approximate surface area is 145 Å². The van der Waals surface area contributed by atoms with Crippen LogP contribution in [0, 0.1) is 5.92 Å². The monoisotopic (exact) mass is 361 g/mol. The average molecular weight is 361 g/mol. The van der Waals surface area contributed by atoms with Gasteiger partial charge in [-0.2, -0.15) is 5.10 Å². The van der Waals surface area contributed by atoms with Crippen LogP contribution in [0.4, 0.5) is 0 Å². The first-order valence-electron chi connectivity index (χ1n) is 8.08.